The van der Waals surface area contributed by atoms with E-state index in [0.717, 1.165) is 0 Å². The lowest BCUT2D eigenvalue weighted by Crippen LogP contribution is -2.60. The second kappa shape index (κ2) is 16.3. The first kappa shape index (κ1) is 32.5. The Labute approximate surface area is 209 Å². The maximum Gasteiger partial charge on any atom is 0.326 e. The van der Waals surface area contributed by atoms with Crippen LogP contribution in [0.4, 0.5) is 0 Å². The van der Waals surface area contributed by atoms with Crippen molar-refractivity contribution in [1.29, 1.82) is 0 Å². The summed E-state index contributed by atoms with van der Waals surface area (Å²) in [6.45, 7) is 4.95. The molecule has 36 heavy (non-hydrogen) atoms. The van der Waals surface area contributed by atoms with Crippen LogP contribution in [0.15, 0.2) is 4.99 Å². The molecule has 0 bridgehead atoms. The SMILES string of the molecule is CCC(C)C(N)C(=O)NC(C(=O)NC(CCCN=C(N)N)C(=O)NC(CCC(=O)O)C(=O)O)C(C)O. The monoisotopic (exact) mass is 517 g/mol. The molecule has 0 radical (unpaired) electrons. The van der Waals surface area contributed by atoms with Gasteiger partial charge in [-0.2, -0.15) is 0 Å². The minimum atomic E-state index is -1.52. The van der Waals surface area contributed by atoms with Crippen molar-refractivity contribution in [3.8, 4) is 0 Å². The Kier molecular flexibility index (Phi) is 14.7. The van der Waals surface area contributed by atoms with E-state index in [0.29, 0.717) is 6.42 Å². The van der Waals surface area contributed by atoms with Crippen molar-refractivity contribution in [3.63, 3.8) is 0 Å². The lowest BCUT2D eigenvalue weighted by molar-refractivity contribution is -0.143. The first-order valence-electron chi connectivity index (χ1n) is 11.6. The molecule has 0 aliphatic carbocycles. The van der Waals surface area contributed by atoms with E-state index in [-0.39, 0.29) is 37.7 Å². The number of nitrogens with one attached hydrogen (secondary N) is 3. The normalized spacial score (nSPS) is 15.8. The second-order valence-corrected chi connectivity index (χ2v) is 8.48. The zero-order valence-electron chi connectivity index (χ0n) is 20.8. The van der Waals surface area contributed by atoms with Crippen LogP contribution in [-0.4, -0.2) is 87.8 Å². The zero-order chi connectivity index (χ0) is 28.0. The number of nitrogens with zero attached hydrogens (tertiary/aromatic N) is 1. The van der Waals surface area contributed by atoms with Crippen LogP contribution < -0.4 is 33.2 Å². The number of carboxylic acid groups (broad SMARTS) is 2. The molecule has 0 fully saturated rings. The fraction of sp³-hybridized carbons (Fsp3) is 0.714. The van der Waals surface area contributed by atoms with Crippen LogP contribution in [0.5, 0.6) is 0 Å². The van der Waals surface area contributed by atoms with Crippen molar-refractivity contribution < 1.29 is 39.3 Å². The van der Waals surface area contributed by atoms with Gasteiger partial charge in [0.05, 0.1) is 12.1 Å². The van der Waals surface area contributed by atoms with E-state index in [9.17, 15) is 34.2 Å². The van der Waals surface area contributed by atoms with Gasteiger partial charge in [0, 0.05) is 13.0 Å². The molecule has 0 saturated carbocycles. The predicted molar refractivity (Wildman–Crippen MR) is 129 cm³/mol. The topological polar surface area (TPSA) is 273 Å². The van der Waals surface area contributed by atoms with Gasteiger partial charge in [0.1, 0.15) is 18.1 Å². The molecule has 6 unspecified atom stereocenters. The maximum atomic E-state index is 12.9. The van der Waals surface area contributed by atoms with Crippen LogP contribution in [0.3, 0.4) is 0 Å². The Balaban J connectivity index is 5.62. The molecule has 15 nitrogen and oxygen atoms in total. The number of aliphatic imine (C=N–C) groups is 1. The highest BCUT2D eigenvalue weighted by atomic mass is 16.4. The summed E-state index contributed by atoms with van der Waals surface area (Å²) in [7, 11) is 0. The minimum Gasteiger partial charge on any atom is -0.481 e. The van der Waals surface area contributed by atoms with Crippen molar-refractivity contribution in [2.75, 3.05) is 6.54 Å². The van der Waals surface area contributed by atoms with Gasteiger partial charge in [-0.05, 0) is 32.1 Å². The average Bonchev–Trinajstić information content (AvgIpc) is 2.79. The van der Waals surface area contributed by atoms with Crippen LogP contribution in [0.1, 0.15) is 52.9 Å². The summed E-state index contributed by atoms with van der Waals surface area (Å²) >= 11 is 0. The van der Waals surface area contributed by atoms with Gasteiger partial charge in [-0.25, -0.2) is 4.79 Å². The van der Waals surface area contributed by atoms with E-state index >= 15 is 0 Å². The highest BCUT2D eigenvalue weighted by Crippen LogP contribution is 2.08. The third-order valence-corrected chi connectivity index (χ3v) is 5.46. The van der Waals surface area contributed by atoms with Gasteiger partial charge in [-0.15, -0.1) is 0 Å². The number of hydrogen-bond donors (Lipinski definition) is 9. The number of hydrogen-bond acceptors (Lipinski definition) is 8. The first-order valence-corrected chi connectivity index (χ1v) is 11.6. The Morgan fingerprint density at radius 2 is 1.47 bits per heavy atom. The second-order valence-electron chi connectivity index (χ2n) is 8.48. The highest BCUT2D eigenvalue weighted by Gasteiger charge is 2.33. The van der Waals surface area contributed by atoms with E-state index in [2.05, 4.69) is 20.9 Å². The molecule has 0 aromatic carbocycles. The van der Waals surface area contributed by atoms with E-state index < -0.39 is 66.4 Å². The van der Waals surface area contributed by atoms with Crippen molar-refractivity contribution >= 4 is 35.6 Å². The number of guanidine groups is 1. The van der Waals surface area contributed by atoms with Crippen molar-refractivity contribution in [2.24, 2.45) is 28.1 Å². The highest BCUT2D eigenvalue weighted by molar-refractivity contribution is 5.94. The van der Waals surface area contributed by atoms with Gasteiger partial charge in [-0.3, -0.25) is 24.2 Å². The number of carboxylic acids is 2. The Morgan fingerprint density at radius 3 is 1.94 bits per heavy atom. The van der Waals surface area contributed by atoms with Gasteiger partial charge in [0.25, 0.3) is 0 Å². The van der Waals surface area contributed by atoms with E-state index in [1.807, 2.05) is 6.92 Å². The van der Waals surface area contributed by atoms with Gasteiger partial charge in [0.2, 0.25) is 17.7 Å². The standard InChI is InChI=1S/C21H39N7O8/c1-4-10(2)15(22)18(33)28-16(11(3)29)19(34)26-12(6-5-9-25-21(23)24)17(32)27-13(20(35)36)7-8-14(30)31/h10-13,15-16,29H,4-9,22H2,1-3H3,(H,26,34)(H,27,32)(H,28,33)(H,30,31)(H,35,36)(H4,23,24,25). The number of amides is 3. The molecule has 0 spiro atoms. The summed E-state index contributed by atoms with van der Waals surface area (Å²) in [5, 5.41) is 35.2. The molecule has 0 aliphatic rings. The average molecular weight is 518 g/mol. The number of carbonyl (C=O) groups is 5. The summed E-state index contributed by atoms with van der Waals surface area (Å²) in [6.07, 6.45) is -1.48. The van der Waals surface area contributed by atoms with Crippen molar-refractivity contribution in [3.05, 3.63) is 0 Å². The molecular weight excluding hydrogens is 478 g/mol. The lowest BCUT2D eigenvalue weighted by atomic mass is 9.98. The Hall–Kier alpha value is -3.46. The molecule has 0 saturated heterocycles. The van der Waals surface area contributed by atoms with Crippen LogP contribution in [0, 0.1) is 5.92 Å². The number of carbonyl (C=O) groups excluding carboxylic acids is 3. The summed E-state index contributed by atoms with van der Waals surface area (Å²) in [5.41, 5.74) is 16.4. The fourth-order valence-electron chi connectivity index (χ4n) is 3.00. The number of aliphatic carboxylic acids is 2. The maximum absolute atomic E-state index is 12.9. The molecule has 206 valence electrons. The van der Waals surface area contributed by atoms with Crippen LogP contribution in [0.25, 0.3) is 0 Å². The van der Waals surface area contributed by atoms with Gasteiger partial charge >= 0.3 is 11.9 Å². The molecule has 0 aromatic heterocycles. The number of rotatable bonds is 17. The van der Waals surface area contributed by atoms with Crippen molar-refractivity contribution in [1.82, 2.24) is 16.0 Å². The number of aliphatic hydroxyl groups excluding tert-OH is 1. The van der Waals surface area contributed by atoms with E-state index in [1.165, 1.54) is 6.92 Å². The summed E-state index contributed by atoms with van der Waals surface area (Å²) in [6, 6.07) is -5.22. The third kappa shape index (κ3) is 12.3. The Morgan fingerprint density at radius 1 is 0.889 bits per heavy atom. The van der Waals surface area contributed by atoms with Crippen LogP contribution in [0.2, 0.25) is 0 Å². The smallest absolute Gasteiger partial charge is 0.326 e. The van der Waals surface area contributed by atoms with Gasteiger partial charge in [-0.1, -0.05) is 20.3 Å². The van der Waals surface area contributed by atoms with Gasteiger partial charge < -0.3 is 48.5 Å². The van der Waals surface area contributed by atoms with Gasteiger partial charge in [0.15, 0.2) is 5.96 Å². The molecule has 12 N–H and O–H groups in total. The summed E-state index contributed by atoms with van der Waals surface area (Å²) < 4.78 is 0. The number of aliphatic hydroxyl groups is 1. The molecule has 0 aromatic rings. The molecule has 15 heteroatoms. The number of nitrogens with two attached hydrogens (primary N) is 3. The molecular formula is C21H39N7O8. The molecule has 0 rings (SSSR count). The first-order chi connectivity index (χ1) is 16.7. The minimum absolute atomic E-state index is 0.0352. The summed E-state index contributed by atoms with van der Waals surface area (Å²) in [4.78, 5) is 64.2. The quantitative estimate of drug-likeness (QED) is 0.0539. The van der Waals surface area contributed by atoms with E-state index in [4.69, 9.17) is 22.3 Å². The zero-order valence-corrected chi connectivity index (χ0v) is 20.8. The van der Waals surface area contributed by atoms with Crippen molar-refractivity contribution in [2.45, 2.75) is 83.1 Å². The van der Waals surface area contributed by atoms with Crippen LogP contribution >= 0.6 is 0 Å². The van der Waals surface area contributed by atoms with E-state index in [1.54, 1.807) is 6.92 Å². The predicted octanol–water partition coefficient (Wildman–Crippen LogP) is -2.80. The molecule has 6 atom stereocenters. The lowest BCUT2D eigenvalue weighted by Gasteiger charge is -2.27. The summed E-state index contributed by atoms with van der Waals surface area (Å²) in [5.74, 6) is -5.57. The van der Waals surface area contributed by atoms with Crippen LogP contribution in [-0.2, 0) is 24.0 Å². The third-order valence-electron chi connectivity index (χ3n) is 5.46. The molecule has 3 amide bonds. The molecule has 0 aliphatic heterocycles. The fourth-order valence-corrected chi connectivity index (χ4v) is 3.00. The Bertz CT molecular complexity index is 801. The largest absolute Gasteiger partial charge is 0.481 e. The molecule has 0 heterocycles.